The van der Waals surface area contributed by atoms with E-state index in [-0.39, 0.29) is 10.9 Å². The van der Waals surface area contributed by atoms with Crippen LogP contribution in [0.25, 0.3) is 0 Å². The molecule has 2 saturated heterocycles. The second-order valence-electron chi connectivity index (χ2n) is 3.45. The highest BCUT2D eigenvalue weighted by molar-refractivity contribution is 8.01. The number of thioether (sulfide) groups is 2. The number of carbonyl (C=O) groups is 1. The maximum Gasteiger partial charge on any atom is 0.321 e. The Morgan fingerprint density at radius 1 is 1.46 bits per heavy atom. The van der Waals surface area contributed by atoms with Crippen molar-refractivity contribution >= 4 is 29.5 Å². The topological polar surface area (TPSA) is 49.3 Å². The first kappa shape index (κ1) is 9.68. The molecule has 0 aromatic carbocycles. The van der Waals surface area contributed by atoms with Gasteiger partial charge >= 0.3 is 5.97 Å². The Morgan fingerprint density at radius 2 is 2.15 bits per heavy atom. The molecule has 2 fully saturated rings. The van der Waals surface area contributed by atoms with Crippen LogP contribution >= 0.6 is 23.5 Å². The minimum absolute atomic E-state index is 0.0916. The molecule has 1 atom stereocenters. The smallest absolute Gasteiger partial charge is 0.321 e. The van der Waals surface area contributed by atoms with E-state index >= 15 is 0 Å². The van der Waals surface area contributed by atoms with E-state index in [9.17, 15) is 4.79 Å². The first-order valence-corrected chi connectivity index (χ1v) is 6.58. The van der Waals surface area contributed by atoms with Crippen LogP contribution in [0, 0.1) is 0 Å². The van der Waals surface area contributed by atoms with Gasteiger partial charge in [-0.25, -0.2) is 0 Å². The molecule has 2 aliphatic rings. The molecule has 0 aliphatic carbocycles. The van der Waals surface area contributed by atoms with Crippen molar-refractivity contribution in [3.63, 3.8) is 0 Å². The second kappa shape index (κ2) is 3.71. The van der Waals surface area contributed by atoms with E-state index in [1.807, 2.05) is 11.8 Å². The van der Waals surface area contributed by atoms with E-state index in [1.54, 1.807) is 11.8 Å². The average molecular weight is 219 g/mol. The monoisotopic (exact) mass is 219 g/mol. The Hall–Kier alpha value is 0.130. The molecule has 3 nitrogen and oxygen atoms in total. The summed E-state index contributed by atoms with van der Waals surface area (Å²) in [6.45, 7) is 0. The summed E-state index contributed by atoms with van der Waals surface area (Å²) in [5, 5.41) is 12.1. The summed E-state index contributed by atoms with van der Waals surface area (Å²) < 4.78 is 0. The van der Waals surface area contributed by atoms with E-state index in [1.165, 1.54) is 0 Å². The summed E-state index contributed by atoms with van der Waals surface area (Å²) in [5.74, 6) is 2.33. The van der Waals surface area contributed by atoms with Crippen molar-refractivity contribution in [3.8, 4) is 0 Å². The lowest BCUT2D eigenvalue weighted by Crippen LogP contribution is -2.47. The molecule has 2 heterocycles. The molecule has 0 bridgehead atoms. The lowest BCUT2D eigenvalue weighted by molar-refractivity contribution is -0.138. The van der Waals surface area contributed by atoms with Crippen molar-refractivity contribution in [2.24, 2.45) is 0 Å². The van der Waals surface area contributed by atoms with Crippen molar-refractivity contribution in [3.05, 3.63) is 0 Å². The van der Waals surface area contributed by atoms with Crippen LogP contribution in [0.15, 0.2) is 0 Å². The van der Waals surface area contributed by atoms with E-state index in [2.05, 4.69) is 5.32 Å². The Morgan fingerprint density at radius 3 is 2.69 bits per heavy atom. The van der Waals surface area contributed by atoms with Gasteiger partial charge in [-0.2, -0.15) is 11.8 Å². The number of carboxylic acids is 1. The van der Waals surface area contributed by atoms with Gasteiger partial charge in [-0.05, 0) is 24.3 Å². The Labute approximate surface area is 86.0 Å². The van der Waals surface area contributed by atoms with E-state index in [0.717, 1.165) is 30.1 Å². The van der Waals surface area contributed by atoms with Crippen molar-refractivity contribution in [2.75, 3.05) is 17.3 Å². The maximum absolute atomic E-state index is 10.7. The summed E-state index contributed by atoms with van der Waals surface area (Å²) >= 11 is 3.76. The fraction of sp³-hybridized carbons (Fsp3) is 0.875. The zero-order valence-electron chi connectivity index (χ0n) is 7.28. The highest BCUT2D eigenvalue weighted by Crippen LogP contribution is 2.41. The Kier molecular flexibility index (Phi) is 2.76. The molecule has 0 aromatic rings. The standard InChI is InChI=1S/C8H13NO2S2/c10-7(11)6-5-13-8(9-6)1-3-12-4-2-8/h6,9H,1-5H2,(H,10,11)/t6-/m1/s1. The van der Waals surface area contributed by atoms with Crippen LogP contribution in [0.3, 0.4) is 0 Å². The quantitative estimate of drug-likeness (QED) is 0.689. The SMILES string of the molecule is O=C(O)[C@H]1CSC2(CCSCC2)N1. The molecule has 13 heavy (non-hydrogen) atoms. The van der Waals surface area contributed by atoms with Gasteiger partial charge in [-0.15, -0.1) is 11.8 Å². The molecule has 0 radical (unpaired) electrons. The van der Waals surface area contributed by atoms with Crippen molar-refractivity contribution in [1.29, 1.82) is 0 Å². The number of nitrogens with one attached hydrogen (secondary N) is 1. The summed E-state index contributed by atoms with van der Waals surface area (Å²) in [6, 6.07) is -0.326. The van der Waals surface area contributed by atoms with Gasteiger partial charge < -0.3 is 5.11 Å². The molecule has 0 unspecified atom stereocenters. The Bertz CT molecular complexity index is 216. The molecule has 0 aromatic heterocycles. The van der Waals surface area contributed by atoms with Gasteiger partial charge in [0.2, 0.25) is 0 Å². The van der Waals surface area contributed by atoms with Crippen LogP contribution < -0.4 is 5.32 Å². The third-order valence-electron chi connectivity index (χ3n) is 2.56. The summed E-state index contributed by atoms with van der Waals surface area (Å²) in [4.78, 5) is 10.8. The first-order valence-electron chi connectivity index (χ1n) is 4.44. The van der Waals surface area contributed by atoms with E-state index in [4.69, 9.17) is 5.11 Å². The van der Waals surface area contributed by atoms with E-state index < -0.39 is 5.97 Å². The molecule has 2 N–H and O–H groups in total. The molecule has 2 rings (SSSR count). The van der Waals surface area contributed by atoms with Crippen LogP contribution in [0.1, 0.15) is 12.8 Å². The summed E-state index contributed by atoms with van der Waals surface area (Å²) in [7, 11) is 0. The molecule has 1 spiro atoms. The number of hydrogen-bond donors (Lipinski definition) is 2. The number of aliphatic carboxylic acids is 1. The van der Waals surface area contributed by atoms with Crippen molar-refractivity contribution in [1.82, 2.24) is 5.32 Å². The highest BCUT2D eigenvalue weighted by Gasteiger charge is 2.42. The van der Waals surface area contributed by atoms with Crippen LogP contribution in [0.5, 0.6) is 0 Å². The maximum atomic E-state index is 10.7. The number of carboxylic acid groups (broad SMARTS) is 1. The van der Waals surface area contributed by atoms with Gasteiger partial charge in [0.1, 0.15) is 6.04 Å². The van der Waals surface area contributed by atoms with Crippen LogP contribution in [-0.4, -0.2) is 39.2 Å². The third kappa shape index (κ3) is 1.97. The molecular weight excluding hydrogens is 206 g/mol. The molecule has 74 valence electrons. The van der Waals surface area contributed by atoms with Crippen molar-refractivity contribution < 1.29 is 9.90 Å². The lowest BCUT2D eigenvalue weighted by atomic mass is 10.1. The molecule has 0 saturated carbocycles. The van der Waals surface area contributed by atoms with Crippen LogP contribution in [0.2, 0.25) is 0 Å². The van der Waals surface area contributed by atoms with E-state index in [0.29, 0.717) is 0 Å². The average Bonchev–Trinajstić information content (AvgIpc) is 2.51. The number of hydrogen-bond acceptors (Lipinski definition) is 4. The molecule has 0 amide bonds. The fourth-order valence-electron chi connectivity index (χ4n) is 1.77. The fourth-order valence-corrected chi connectivity index (χ4v) is 4.64. The predicted octanol–water partition coefficient (Wildman–Crippen LogP) is 0.999. The summed E-state index contributed by atoms with van der Waals surface area (Å²) in [5.41, 5.74) is 0. The lowest BCUT2D eigenvalue weighted by Gasteiger charge is -2.32. The largest absolute Gasteiger partial charge is 0.480 e. The second-order valence-corrected chi connectivity index (χ2v) is 6.08. The van der Waals surface area contributed by atoms with Crippen LogP contribution in [-0.2, 0) is 4.79 Å². The van der Waals surface area contributed by atoms with Gasteiger partial charge in [0, 0.05) is 5.75 Å². The highest BCUT2D eigenvalue weighted by atomic mass is 32.2. The zero-order chi connectivity index (χ0) is 9.31. The normalized spacial score (nSPS) is 32.2. The first-order chi connectivity index (χ1) is 6.22. The van der Waals surface area contributed by atoms with Crippen molar-refractivity contribution in [2.45, 2.75) is 23.8 Å². The molecule has 5 heteroatoms. The van der Waals surface area contributed by atoms with Gasteiger partial charge in [-0.3, -0.25) is 10.1 Å². The van der Waals surface area contributed by atoms with Gasteiger partial charge in [0.25, 0.3) is 0 Å². The molecule has 2 aliphatic heterocycles. The predicted molar refractivity (Wildman–Crippen MR) is 56.3 cm³/mol. The van der Waals surface area contributed by atoms with Gasteiger partial charge in [0.05, 0.1) is 4.87 Å². The Balaban J connectivity index is 1.98. The van der Waals surface area contributed by atoms with Crippen LogP contribution in [0.4, 0.5) is 0 Å². The van der Waals surface area contributed by atoms with Gasteiger partial charge in [-0.1, -0.05) is 0 Å². The molecular formula is C8H13NO2S2. The number of rotatable bonds is 1. The zero-order valence-corrected chi connectivity index (χ0v) is 8.92. The van der Waals surface area contributed by atoms with Gasteiger partial charge in [0.15, 0.2) is 0 Å². The minimum atomic E-state index is -0.706. The minimum Gasteiger partial charge on any atom is -0.480 e. The summed E-state index contributed by atoms with van der Waals surface area (Å²) in [6.07, 6.45) is 2.21. The third-order valence-corrected chi connectivity index (χ3v) is 5.13.